The Morgan fingerprint density at radius 2 is 1.70 bits per heavy atom. The van der Waals surface area contributed by atoms with Gasteiger partial charge in [0.05, 0.1) is 46.1 Å². The molecule has 10 heteroatoms. The monoisotopic (exact) mass is 627 g/mol. The van der Waals surface area contributed by atoms with Gasteiger partial charge in [-0.15, -0.1) is 0 Å². The molecule has 0 radical (unpaired) electrons. The van der Waals surface area contributed by atoms with Crippen LogP contribution in [0, 0.1) is 0 Å². The highest BCUT2D eigenvalue weighted by atomic mass is 16.5. The van der Waals surface area contributed by atoms with Gasteiger partial charge in [0.25, 0.3) is 5.91 Å². The first-order valence-corrected chi connectivity index (χ1v) is 16.0. The number of nitrogens with two attached hydrogens (primary N) is 1. The number of pyridine rings is 1. The molecule has 0 saturated heterocycles. The van der Waals surface area contributed by atoms with Gasteiger partial charge in [-0.25, -0.2) is 14.6 Å². The van der Waals surface area contributed by atoms with Crippen molar-refractivity contribution in [3.05, 3.63) is 109 Å². The van der Waals surface area contributed by atoms with Crippen LogP contribution in [0.5, 0.6) is 11.5 Å². The number of imidazole rings is 1. The second-order valence-electron chi connectivity index (χ2n) is 12.3. The lowest BCUT2D eigenvalue weighted by molar-refractivity contribution is 0.100. The van der Waals surface area contributed by atoms with E-state index < -0.39 is 5.91 Å². The summed E-state index contributed by atoms with van der Waals surface area (Å²) in [4.78, 5) is 21.9. The van der Waals surface area contributed by atoms with Crippen molar-refractivity contribution in [3.8, 4) is 34.1 Å². The van der Waals surface area contributed by atoms with E-state index in [2.05, 4.69) is 19.2 Å². The molecule has 4 N–H and O–H groups in total. The maximum absolute atomic E-state index is 12.4. The van der Waals surface area contributed by atoms with Crippen molar-refractivity contribution in [2.45, 2.75) is 57.6 Å². The maximum atomic E-state index is 12.4. The molecular formula is C37H37N7O3. The predicted molar refractivity (Wildman–Crippen MR) is 182 cm³/mol. The van der Waals surface area contributed by atoms with Crippen molar-refractivity contribution in [1.82, 2.24) is 24.3 Å². The number of primary amides is 1. The number of aliphatic hydroxyl groups excluding tert-OH is 1. The minimum Gasteiger partial charge on any atom is -0.457 e. The molecule has 0 spiro atoms. The minimum absolute atomic E-state index is 0.109. The second kappa shape index (κ2) is 12.7. The smallest absolute Gasteiger partial charge is 0.250 e. The number of aliphatic hydroxyl groups is 1. The number of rotatable bonds is 9. The van der Waals surface area contributed by atoms with E-state index in [0.717, 1.165) is 70.9 Å². The van der Waals surface area contributed by atoms with Crippen LogP contribution >= 0.6 is 0 Å². The van der Waals surface area contributed by atoms with Crippen LogP contribution in [-0.2, 0) is 0 Å². The van der Waals surface area contributed by atoms with Crippen LogP contribution in [0.3, 0.4) is 0 Å². The molecule has 0 atom stereocenters. The second-order valence-corrected chi connectivity index (χ2v) is 12.3. The first-order valence-electron chi connectivity index (χ1n) is 16.0. The van der Waals surface area contributed by atoms with Crippen LogP contribution in [-0.4, -0.2) is 47.5 Å². The molecule has 3 aromatic carbocycles. The van der Waals surface area contributed by atoms with Gasteiger partial charge in [-0.3, -0.25) is 4.79 Å². The highest BCUT2D eigenvalue weighted by Gasteiger charge is 2.23. The van der Waals surface area contributed by atoms with Crippen molar-refractivity contribution in [1.29, 1.82) is 0 Å². The van der Waals surface area contributed by atoms with E-state index in [1.807, 2.05) is 94.6 Å². The highest BCUT2D eigenvalue weighted by Crippen LogP contribution is 2.34. The average Bonchev–Trinajstić information content (AvgIpc) is 3.73. The number of aromatic nitrogens is 5. The number of benzene rings is 3. The molecule has 3 aromatic heterocycles. The lowest BCUT2D eigenvalue weighted by Gasteiger charge is -2.27. The van der Waals surface area contributed by atoms with E-state index >= 15 is 0 Å². The predicted octanol–water partition coefficient (Wildman–Crippen LogP) is 7.00. The van der Waals surface area contributed by atoms with Gasteiger partial charge in [-0.2, -0.15) is 5.10 Å². The third kappa shape index (κ3) is 6.19. The van der Waals surface area contributed by atoms with Crippen LogP contribution in [0.15, 0.2) is 97.6 Å². The molecular weight excluding hydrogens is 590 g/mol. The Morgan fingerprint density at radius 1 is 0.957 bits per heavy atom. The quantitative estimate of drug-likeness (QED) is 0.157. The number of carbonyl (C=O) groups excluding carboxylic acids is 1. The Labute approximate surface area is 272 Å². The fraction of sp³-hybridized carbons (Fsp3) is 0.243. The number of anilines is 1. The molecule has 1 amide bonds. The molecule has 1 saturated carbocycles. The summed E-state index contributed by atoms with van der Waals surface area (Å²) in [6.07, 6.45) is 8.40. The SMILES string of the molecule is CC(C)c1nn(-c2ccc(C(N)=O)c(NC3CCC(O)CC3)c2)c2nccc(-n3cnc(-c4ccc(Oc5ccccc5)cc4)c3)c12. The first kappa shape index (κ1) is 30.2. The third-order valence-electron chi connectivity index (χ3n) is 8.68. The molecule has 7 rings (SSSR count). The molecule has 1 aliphatic carbocycles. The normalized spacial score (nSPS) is 16.4. The summed E-state index contributed by atoms with van der Waals surface area (Å²) in [6, 6.07) is 25.2. The number of nitrogens with zero attached hydrogens (tertiary/aromatic N) is 5. The van der Waals surface area contributed by atoms with E-state index in [-0.39, 0.29) is 18.1 Å². The minimum atomic E-state index is -0.502. The van der Waals surface area contributed by atoms with Crippen LogP contribution < -0.4 is 15.8 Å². The molecule has 1 fully saturated rings. The average molecular weight is 628 g/mol. The molecule has 10 nitrogen and oxygen atoms in total. The highest BCUT2D eigenvalue weighted by molar-refractivity contribution is 5.99. The number of fused-ring (bicyclic) bond motifs is 1. The largest absolute Gasteiger partial charge is 0.457 e. The third-order valence-corrected chi connectivity index (χ3v) is 8.68. The van der Waals surface area contributed by atoms with Gasteiger partial charge < -0.3 is 25.5 Å². The van der Waals surface area contributed by atoms with Crippen molar-refractivity contribution in [3.63, 3.8) is 0 Å². The fourth-order valence-electron chi connectivity index (χ4n) is 6.21. The van der Waals surface area contributed by atoms with Crippen molar-refractivity contribution < 1.29 is 14.6 Å². The van der Waals surface area contributed by atoms with Crippen molar-refractivity contribution in [2.75, 3.05) is 5.32 Å². The molecule has 47 heavy (non-hydrogen) atoms. The molecule has 3 heterocycles. The summed E-state index contributed by atoms with van der Waals surface area (Å²) in [6.45, 7) is 4.23. The van der Waals surface area contributed by atoms with Gasteiger partial charge in [-0.1, -0.05) is 32.0 Å². The zero-order chi connectivity index (χ0) is 32.5. The van der Waals surface area contributed by atoms with E-state index in [9.17, 15) is 9.90 Å². The van der Waals surface area contributed by atoms with Gasteiger partial charge in [-0.05, 0) is 92.3 Å². The van der Waals surface area contributed by atoms with E-state index in [1.165, 1.54) is 0 Å². The summed E-state index contributed by atoms with van der Waals surface area (Å²) >= 11 is 0. The number of para-hydroxylation sites is 1. The number of amides is 1. The summed E-state index contributed by atoms with van der Waals surface area (Å²) in [5.41, 5.74) is 11.9. The number of nitrogens with one attached hydrogen (secondary N) is 1. The standard InChI is InChI=1S/C37H37N7O3/c1-23(2)35-34-33(43-21-32(40-22-43)24-8-15-29(16-9-24)47-28-6-4-3-5-7-28)18-19-39-37(34)44(42-35)26-12-17-30(36(38)46)31(20-26)41-25-10-13-27(45)14-11-25/h3-9,12,15-23,25,27,41,45H,10-11,13-14H2,1-2H3,(H2,38,46). The van der Waals surface area contributed by atoms with Crippen LogP contribution in [0.25, 0.3) is 33.7 Å². The topological polar surface area (TPSA) is 133 Å². The summed E-state index contributed by atoms with van der Waals surface area (Å²) in [5.74, 6) is 1.15. The zero-order valence-corrected chi connectivity index (χ0v) is 26.4. The molecule has 1 aliphatic rings. The van der Waals surface area contributed by atoms with E-state index in [0.29, 0.717) is 16.9 Å². The zero-order valence-electron chi connectivity index (χ0n) is 26.4. The molecule has 0 unspecified atom stereocenters. The lowest BCUT2D eigenvalue weighted by atomic mass is 9.92. The number of carbonyl (C=O) groups is 1. The lowest BCUT2D eigenvalue weighted by Crippen LogP contribution is -2.29. The Morgan fingerprint density at radius 3 is 2.43 bits per heavy atom. The van der Waals surface area contributed by atoms with Gasteiger partial charge in [0.2, 0.25) is 0 Å². The Kier molecular flexibility index (Phi) is 8.17. The Balaban J connectivity index is 1.23. The molecule has 0 aliphatic heterocycles. The van der Waals surface area contributed by atoms with Gasteiger partial charge in [0.15, 0.2) is 5.65 Å². The molecule has 238 valence electrons. The fourth-order valence-corrected chi connectivity index (χ4v) is 6.21. The Bertz CT molecular complexity index is 2030. The van der Waals surface area contributed by atoms with Crippen LogP contribution in [0.4, 0.5) is 5.69 Å². The van der Waals surface area contributed by atoms with Crippen LogP contribution in [0.1, 0.15) is 61.5 Å². The van der Waals surface area contributed by atoms with Gasteiger partial charge >= 0.3 is 0 Å². The molecule has 6 aromatic rings. The van der Waals surface area contributed by atoms with Gasteiger partial charge in [0.1, 0.15) is 11.5 Å². The maximum Gasteiger partial charge on any atom is 0.250 e. The summed E-state index contributed by atoms with van der Waals surface area (Å²) in [5, 5.41) is 19.5. The van der Waals surface area contributed by atoms with E-state index in [1.54, 1.807) is 12.3 Å². The first-order chi connectivity index (χ1) is 22.8. The summed E-state index contributed by atoms with van der Waals surface area (Å²) < 4.78 is 9.79. The van der Waals surface area contributed by atoms with E-state index in [4.69, 9.17) is 25.5 Å². The summed E-state index contributed by atoms with van der Waals surface area (Å²) in [7, 11) is 0. The van der Waals surface area contributed by atoms with Gasteiger partial charge in [0, 0.05) is 29.7 Å². The van der Waals surface area contributed by atoms with Crippen molar-refractivity contribution >= 4 is 22.6 Å². The number of ether oxygens (including phenoxy) is 1. The van der Waals surface area contributed by atoms with Crippen molar-refractivity contribution in [2.24, 2.45) is 5.73 Å². The van der Waals surface area contributed by atoms with Crippen LogP contribution in [0.2, 0.25) is 0 Å². The number of hydrogen-bond donors (Lipinski definition) is 3. The molecule has 0 bridgehead atoms. The number of hydrogen-bond acceptors (Lipinski definition) is 7. The Hall–Kier alpha value is -5.48.